The normalized spacial score (nSPS) is 14.4. The first-order valence-electron chi connectivity index (χ1n) is 6.68. The van der Waals surface area contributed by atoms with Gasteiger partial charge in [-0.25, -0.2) is 0 Å². The number of hydrogen-bond donors (Lipinski definition) is 3. The van der Waals surface area contributed by atoms with Crippen molar-refractivity contribution < 1.29 is 15.0 Å². The molecule has 4 nitrogen and oxygen atoms in total. The molecule has 0 saturated carbocycles. The fourth-order valence-corrected chi connectivity index (χ4v) is 2.01. The van der Waals surface area contributed by atoms with Crippen LogP contribution in [0.25, 0.3) is 0 Å². The minimum Gasteiger partial charge on any atom is -0.480 e. The molecule has 0 heterocycles. The van der Waals surface area contributed by atoms with E-state index in [1.165, 1.54) is 5.56 Å². The zero-order valence-electron chi connectivity index (χ0n) is 11.8. The van der Waals surface area contributed by atoms with Gasteiger partial charge in [-0.05, 0) is 23.5 Å². The predicted molar refractivity (Wildman–Crippen MR) is 75.2 cm³/mol. The third-order valence-electron chi connectivity index (χ3n) is 3.28. The lowest BCUT2D eigenvalue weighted by molar-refractivity contribution is -0.136. The van der Waals surface area contributed by atoms with E-state index in [4.69, 9.17) is 5.11 Å². The molecule has 2 atom stereocenters. The van der Waals surface area contributed by atoms with Gasteiger partial charge in [0.2, 0.25) is 0 Å². The maximum Gasteiger partial charge on any atom is 0.317 e. The molecule has 0 saturated heterocycles. The summed E-state index contributed by atoms with van der Waals surface area (Å²) < 4.78 is 0. The molecule has 19 heavy (non-hydrogen) atoms. The van der Waals surface area contributed by atoms with Gasteiger partial charge in [0.25, 0.3) is 0 Å². The Kier molecular flexibility index (Phi) is 5.99. The number of aliphatic hydroxyl groups is 1. The van der Waals surface area contributed by atoms with Crippen LogP contribution in [-0.2, 0) is 4.79 Å². The molecule has 0 fully saturated rings. The van der Waals surface area contributed by atoms with Crippen LogP contribution in [0.5, 0.6) is 0 Å². The van der Waals surface area contributed by atoms with Crippen molar-refractivity contribution in [3.8, 4) is 0 Å². The van der Waals surface area contributed by atoms with Crippen LogP contribution in [0.3, 0.4) is 0 Å². The van der Waals surface area contributed by atoms with Crippen molar-refractivity contribution in [1.29, 1.82) is 0 Å². The molecule has 0 aliphatic heterocycles. The van der Waals surface area contributed by atoms with Crippen molar-refractivity contribution in [3.05, 3.63) is 35.4 Å². The number of benzene rings is 1. The lowest BCUT2D eigenvalue weighted by Gasteiger charge is -2.23. The van der Waals surface area contributed by atoms with Crippen molar-refractivity contribution >= 4 is 5.97 Å². The summed E-state index contributed by atoms with van der Waals surface area (Å²) in [6.07, 6.45) is -0.0223. The Morgan fingerprint density at radius 3 is 2.16 bits per heavy atom. The molecular formula is C15H23NO3. The molecule has 0 amide bonds. The Morgan fingerprint density at radius 1 is 1.21 bits per heavy atom. The van der Waals surface area contributed by atoms with Crippen LogP contribution >= 0.6 is 0 Å². The molecule has 106 valence electrons. The summed E-state index contributed by atoms with van der Waals surface area (Å²) in [6.45, 7) is 6.02. The maximum atomic E-state index is 10.6. The van der Waals surface area contributed by atoms with Crippen LogP contribution in [0.1, 0.15) is 50.3 Å². The summed E-state index contributed by atoms with van der Waals surface area (Å²) in [7, 11) is 0. The van der Waals surface area contributed by atoms with Gasteiger partial charge in [-0.15, -0.1) is 0 Å². The summed E-state index contributed by atoms with van der Waals surface area (Å²) in [5.74, 6) is -0.459. The van der Waals surface area contributed by atoms with E-state index in [0.29, 0.717) is 12.3 Å². The summed E-state index contributed by atoms with van der Waals surface area (Å²) in [5, 5.41) is 21.8. The lowest BCUT2D eigenvalue weighted by Crippen LogP contribution is -2.37. The lowest BCUT2D eigenvalue weighted by atomic mass is 9.96. The number of carbonyl (C=O) groups is 1. The Morgan fingerprint density at radius 2 is 1.74 bits per heavy atom. The van der Waals surface area contributed by atoms with E-state index in [2.05, 4.69) is 19.2 Å². The first-order chi connectivity index (χ1) is 8.95. The van der Waals surface area contributed by atoms with Gasteiger partial charge in [0.15, 0.2) is 0 Å². The number of carboxylic acids is 1. The van der Waals surface area contributed by atoms with Crippen molar-refractivity contribution in [2.24, 2.45) is 0 Å². The van der Waals surface area contributed by atoms with E-state index < -0.39 is 12.1 Å². The van der Waals surface area contributed by atoms with Crippen LogP contribution in [0.2, 0.25) is 0 Å². The van der Waals surface area contributed by atoms with Gasteiger partial charge in [0.1, 0.15) is 0 Å². The van der Waals surface area contributed by atoms with E-state index >= 15 is 0 Å². The molecule has 3 N–H and O–H groups in total. The molecule has 0 aliphatic carbocycles. The summed E-state index contributed by atoms with van der Waals surface area (Å²) in [4.78, 5) is 10.6. The van der Waals surface area contributed by atoms with Crippen molar-refractivity contribution in [1.82, 2.24) is 5.32 Å². The molecule has 0 spiro atoms. The standard InChI is InChI=1S/C15H23NO3/c1-4-13(16-9-14(17)18)15(19)12-7-5-11(6-8-12)10(2)3/h5-8,10,13,15-16,19H,4,9H2,1-3H3,(H,17,18). The molecule has 4 heteroatoms. The molecule has 2 unspecified atom stereocenters. The summed E-state index contributed by atoms with van der Waals surface area (Å²) >= 11 is 0. The Balaban J connectivity index is 2.73. The van der Waals surface area contributed by atoms with Gasteiger partial charge in [0.05, 0.1) is 12.6 Å². The topological polar surface area (TPSA) is 69.6 Å². The quantitative estimate of drug-likeness (QED) is 0.707. The first kappa shape index (κ1) is 15.7. The van der Waals surface area contributed by atoms with Crippen LogP contribution in [0.4, 0.5) is 0 Å². The smallest absolute Gasteiger partial charge is 0.317 e. The van der Waals surface area contributed by atoms with Crippen molar-refractivity contribution in [2.45, 2.75) is 45.3 Å². The highest BCUT2D eigenvalue weighted by Crippen LogP contribution is 2.22. The Labute approximate surface area is 114 Å². The van der Waals surface area contributed by atoms with Gasteiger partial charge >= 0.3 is 5.97 Å². The molecular weight excluding hydrogens is 242 g/mol. The number of aliphatic carboxylic acids is 1. The van der Waals surface area contributed by atoms with E-state index in [-0.39, 0.29) is 12.6 Å². The fraction of sp³-hybridized carbons (Fsp3) is 0.533. The molecule has 0 radical (unpaired) electrons. The van der Waals surface area contributed by atoms with Gasteiger partial charge in [-0.1, -0.05) is 45.0 Å². The molecule has 0 aromatic heterocycles. The maximum absolute atomic E-state index is 10.6. The van der Waals surface area contributed by atoms with E-state index in [1.807, 2.05) is 31.2 Å². The van der Waals surface area contributed by atoms with Crippen LogP contribution in [-0.4, -0.2) is 28.8 Å². The number of nitrogens with one attached hydrogen (secondary N) is 1. The van der Waals surface area contributed by atoms with Gasteiger partial charge in [-0.2, -0.15) is 0 Å². The largest absolute Gasteiger partial charge is 0.480 e. The first-order valence-corrected chi connectivity index (χ1v) is 6.68. The zero-order valence-corrected chi connectivity index (χ0v) is 11.8. The number of hydrogen-bond acceptors (Lipinski definition) is 3. The van der Waals surface area contributed by atoms with E-state index in [9.17, 15) is 9.90 Å². The van der Waals surface area contributed by atoms with Gasteiger partial charge < -0.3 is 15.5 Å². The molecule has 0 aliphatic rings. The second-order valence-corrected chi connectivity index (χ2v) is 5.06. The van der Waals surface area contributed by atoms with E-state index in [1.54, 1.807) is 0 Å². The third-order valence-corrected chi connectivity index (χ3v) is 3.28. The Bertz CT molecular complexity index is 400. The van der Waals surface area contributed by atoms with Gasteiger partial charge in [0, 0.05) is 6.04 Å². The number of aliphatic hydroxyl groups excluding tert-OH is 1. The predicted octanol–water partition coefficient (Wildman–Crippen LogP) is 2.30. The fourth-order valence-electron chi connectivity index (χ4n) is 2.01. The van der Waals surface area contributed by atoms with Crippen LogP contribution in [0, 0.1) is 0 Å². The molecule has 0 bridgehead atoms. The molecule has 1 aromatic rings. The average Bonchev–Trinajstić information content (AvgIpc) is 2.39. The SMILES string of the molecule is CCC(NCC(=O)O)C(O)c1ccc(C(C)C)cc1. The highest BCUT2D eigenvalue weighted by atomic mass is 16.4. The monoisotopic (exact) mass is 265 g/mol. The number of carboxylic acid groups (broad SMARTS) is 1. The van der Waals surface area contributed by atoms with E-state index in [0.717, 1.165) is 5.56 Å². The zero-order chi connectivity index (χ0) is 14.4. The second-order valence-electron chi connectivity index (χ2n) is 5.06. The Hall–Kier alpha value is -1.39. The summed E-state index contributed by atoms with van der Waals surface area (Å²) in [6, 6.07) is 7.58. The minimum absolute atomic E-state index is 0.139. The van der Waals surface area contributed by atoms with Crippen molar-refractivity contribution in [2.75, 3.05) is 6.54 Å². The summed E-state index contributed by atoms with van der Waals surface area (Å²) in [5.41, 5.74) is 2.04. The highest BCUT2D eigenvalue weighted by Gasteiger charge is 2.19. The molecule has 1 rings (SSSR count). The van der Waals surface area contributed by atoms with Crippen LogP contribution in [0.15, 0.2) is 24.3 Å². The third kappa shape index (κ3) is 4.65. The molecule has 1 aromatic carbocycles. The minimum atomic E-state index is -0.916. The van der Waals surface area contributed by atoms with Gasteiger partial charge in [-0.3, -0.25) is 4.79 Å². The van der Waals surface area contributed by atoms with Crippen molar-refractivity contribution in [3.63, 3.8) is 0 Å². The highest BCUT2D eigenvalue weighted by molar-refractivity contribution is 5.69. The average molecular weight is 265 g/mol. The second kappa shape index (κ2) is 7.26. The van der Waals surface area contributed by atoms with Crippen LogP contribution < -0.4 is 5.32 Å². The number of rotatable bonds is 7.